The van der Waals surface area contributed by atoms with Crippen molar-refractivity contribution in [2.75, 3.05) is 0 Å². The molecule has 2 aliphatic heterocycles. The van der Waals surface area contributed by atoms with Crippen LogP contribution in [0.3, 0.4) is 0 Å². The number of rotatable bonds is 3. The van der Waals surface area contributed by atoms with Gasteiger partial charge in [-0.05, 0) is 61.9 Å². The van der Waals surface area contributed by atoms with Crippen molar-refractivity contribution in [1.82, 2.24) is 9.88 Å². The quantitative estimate of drug-likeness (QED) is 0.810. The maximum absolute atomic E-state index is 12.6. The van der Waals surface area contributed by atoms with Gasteiger partial charge < -0.3 is 4.74 Å². The Morgan fingerprint density at radius 3 is 2.58 bits per heavy atom. The van der Waals surface area contributed by atoms with Crippen LogP contribution in [-0.2, 0) is 11.3 Å². The lowest BCUT2D eigenvalue weighted by molar-refractivity contribution is 0.0832. The molecule has 1 saturated heterocycles. The average Bonchev–Trinajstić information content (AvgIpc) is 2.89. The number of aryl methyl sites for hydroxylation is 2. The van der Waals surface area contributed by atoms with Gasteiger partial charge in [-0.25, -0.2) is 4.79 Å². The summed E-state index contributed by atoms with van der Waals surface area (Å²) in [5, 5.41) is 0. The topological polar surface area (TPSA) is 42.4 Å². The first-order valence-corrected chi connectivity index (χ1v) is 9.25. The number of pyridine rings is 1. The van der Waals surface area contributed by atoms with Gasteiger partial charge in [0, 0.05) is 17.4 Å². The van der Waals surface area contributed by atoms with E-state index in [0.29, 0.717) is 6.61 Å². The molecule has 4 rings (SSSR count). The first kappa shape index (κ1) is 16.8. The molecular formula is C22H24N2O2. The monoisotopic (exact) mass is 348 g/mol. The zero-order valence-electron chi connectivity index (χ0n) is 15.3. The van der Waals surface area contributed by atoms with Crippen molar-refractivity contribution in [1.29, 1.82) is 0 Å². The van der Waals surface area contributed by atoms with E-state index in [1.165, 1.54) is 11.1 Å². The van der Waals surface area contributed by atoms with E-state index in [4.69, 9.17) is 4.74 Å². The summed E-state index contributed by atoms with van der Waals surface area (Å²) in [7, 11) is 0. The van der Waals surface area contributed by atoms with Crippen LogP contribution in [-0.4, -0.2) is 28.1 Å². The molecule has 3 heterocycles. The largest absolute Gasteiger partial charge is 0.445 e. The molecule has 2 aromatic rings. The van der Waals surface area contributed by atoms with E-state index in [1.807, 2.05) is 49.1 Å². The molecule has 0 spiro atoms. The number of fused-ring (bicyclic) bond motifs is 2. The molecule has 4 nitrogen and oxygen atoms in total. The van der Waals surface area contributed by atoms with Gasteiger partial charge in [0.2, 0.25) is 0 Å². The lowest BCUT2D eigenvalue weighted by atomic mass is 9.94. The number of carbonyl (C=O) groups is 1. The molecule has 134 valence electrons. The molecular weight excluding hydrogens is 324 g/mol. The number of benzene rings is 1. The Morgan fingerprint density at radius 2 is 1.88 bits per heavy atom. The highest BCUT2D eigenvalue weighted by Crippen LogP contribution is 2.39. The Morgan fingerprint density at radius 1 is 1.15 bits per heavy atom. The van der Waals surface area contributed by atoms with Crippen LogP contribution in [0.4, 0.5) is 4.79 Å². The van der Waals surface area contributed by atoms with E-state index < -0.39 is 0 Å². The third-order valence-electron chi connectivity index (χ3n) is 5.26. The molecule has 1 aromatic heterocycles. The SMILES string of the molecule is Cc1cc(C2=CC3CCC(C2)N3C(=O)OCc2ccccc2)cc(C)n1. The fourth-order valence-corrected chi connectivity index (χ4v) is 4.14. The molecule has 0 radical (unpaired) electrons. The molecule has 2 bridgehead atoms. The van der Waals surface area contributed by atoms with Gasteiger partial charge in [0.15, 0.2) is 0 Å². The Bertz CT molecular complexity index is 824. The van der Waals surface area contributed by atoms with Crippen LogP contribution in [0.5, 0.6) is 0 Å². The number of nitrogens with zero attached hydrogens (tertiary/aromatic N) is 2. The third-order valence-corrected chi connectivity index (χ3v) is 5.26. The Kier molecular flexibility index (Phi) is 4.49. The molecule has 2 aliphatic rings. The van der Waals surface area contributed by atoms with Gasteiger partial charge in [-0.2, -0.15) is 0 Å². The fraction of sp³-hybridized carbons (Fsp3) is 0.364. The fourth-order valence-electron chi connectivity index (χ4n) is 4.14. The van der Waals surface area contributed by atoms with Gasteiger partial charge in [-0.15, -0.1) is 0 Å². The summed E-state index contributed by atoms with van der Waals surface area (Å²) < 4.78 is 5.58. The summed E-state index contributed by atoms with van der Waals surface area (Å²) in [4.78, 5) is 19.1. The molecule has 2 atom stereocenters. The minimum absolute atomic E-state index is 0.140. The number of hydrogen-bond acceptors (Lipinski definition) is 3. The first-order valence-electron chi connectivity index (χ1n) is 9.25. The predicted octanol–water partition coefficient (Wildman–Crippen LogP) is 4.66. The maximum atomic E-state index is 12.6. The molecule has 26 heavy (non-hydrogen) atoms. The molecule has 2 unspecified atom stereocenters. The minimum Gasteiger partial charge on any atom is -0.445 e. The van der Waals surface area contributed by atoms with Gasteiger partial charge in [0.05, 0.1) is 6.04 Å². The van der Waals surface area contributed by atoms with Crippen molar-refractivity contribution in [2.24, 2.45) is 0 Å². The highest BCUT2D eigenvalue weighted by molar-refractivity contribution is 5.75. The molecule has 0 aliphatic carbocycles. The average molecular weight is 348 g/mol. The Labute approximate surface area is 154 Å². The van der Waals surface area contributed by atoms with Crippen LogP contribution in [0.2, 0.25) is 0 Å². The summed E-state index contributed by atoms with van der Waals surface area (Å²) in [5.74, 6) is 0. The maximum Gasteiger partial charge on any atom is 0.410 e. The van der Waals surface area contributed by atoms with E-state index in [-0.39, 0.29) is 18.2 Å². The second-order valence-electron chi connectivity index (χ2n) is 7.28. The second-order valence-corrected chi connectivity index (χ2v) is 7.28. The van der Waals surface area contributed by atoms with Crippen LogP contribution < -0.4 is 0 Å². The third kappa shape index (κ3) is 3.36. The van der Waals surface area contributed by atoms with E-state index in [1.54, 1.807) is 0 Å². The van der Waals surface area contributed by atoms with Gasteiger partial charge >= 0.3 is 6.09 Å². The Balaban J connectivity index is 1.48. The lowest BCUT2D eigenvalue weighted by Gasteiger charge is -2.33. The summed E-state index contributed by atoms with van der Waals surface area (Å²) in [6.45, 7) is 4.39. The number of ether oxygens (including phenoxy) is 1. The number of amides is 1. The number of hydrogen-bond donors (Lipinski definition) is 0. The van der Waals surface area contributed by atoms with Crippen LogP contribution in [0.1, 0.15) is 41.8 Å². The van der Waals surface area contributed by atoms with Gasteiger partial charge in [0.25, 0.3) is 0 Å². The van der Waals surface area contributed by atoms with Crippen LogP contribution in [0, 0.1) is 13.8 Å². The highest BCUT2D eigenvalue weighted by Gasteiger charge is 2.40. The summed E-state index contributed by atoms with van der Waals surface area (Å²) in [6.07, 6.45) is 4.99. The van der Waals surface area contributed by atoms with E-state index in [9.17, 15) is 4.79 Å². The Hall–Kier alpha value is -2.62. The van der Waals surface area contributed by atoms with Gasteiger partial charge in [-0.3, -0.25) is 9.88 Å². The van der Waals surface area contributed by atoms with Crippen molar-refractivity contribution < 1.29 is 9.53 Å². The van der Waals surface area contributed by atoms with Crippen LogP contribution >= 0.6 is 0 Å². The smallest absolute Gasteiger partial charge is 0.410 e. The predicted molar refractivity (Wildman–Crippen MR) is 102 cm³/mol. The number of aromatic nitrogens is 1. The molecule has 4 heteroatoms. The van der Waals surface area contributed by atoms with Gasteiger partial charge in [-0.1, -0.05) is 36.4 Å². The summed E-state index contributed by atoms with van der Waals surface area (Å²) in [6, 6.07) is 14.5. The number of carbonyl (C=O) groups excluding carboxylic acids is 1. The summed E-state index contributed by atoms with van der Waals surface area (Å²) in [5.41, 5.74) is 5.67. The van der Waals surface area contributed by atoms with Crippen molar-refractivity contribution in [2.45, 2.75) is 51.8 Å². The van der Waals surface area contributed by atoms with Gasteiger partial charge in [0.1, 0.15) is 6.61 Å². The normalized spacial score (nSPS) is 21.5. The summed E-state index contributed by atoms with van der Waals surface area (Å²) >= 11 is 0. The molecule has 1 aromatic carbocycles. The van der Waals surface area contributed by atoms with Crippen LogP contribution in [0.25, 0.3) is 5.57 Å². The van der Waals surface area contributed by atoms with Crippen molar-refractivity contribution in [3.8, 4) is 0 Å². The first-order chi connectivity index (χ1) is 12.6. The molecule has 1 amide bonds. The minimum atomic E-state index is -0.196. The lowest BCUT2D eigenvalue weighted by Crippen LogP contribution is -2.43. The van der Waals surface area contributed by atoms with E-state index in [0.717, 1.165) is 36.2 Å². The second kappa shape index (κ2) is 6.94. The molecule has 0 saturated carbocycles. The van der Waals surface area contributed by atoms with E-state index in [2.05, 4.69) is 23.2 Å². The zero-order chi connectivity index (χ0) is 18.1. The van der Waals surface area contributed by atoms with E-state index >= 15 is 0 Å². The standard InChI is InChI=1S/C22H24N2O2/c1-15-10-18(11-16(2)23-15)19-12-20-8-9-21(13-19)24(20)22(25)26-14-17-6-4-3-5-7-17/h3-7,10-12,20-21H,8-9,13-14H2,1-2H3. The van der Waals surface area contributed by atoms with Crippen molar-refractivity contribution in [3.05, 3.63) is 71.1 Å². The van der Waals surface area contributed by atoms with Crippen molar-refractivity contribution in [3.63, 3.8) is 0 Å². The molecule has 1 fully saturated rings. The highest BCUT2D eigenvalue weighted by atomic mass is 16.6. The zero-order valence-corrected chi connectivity index (χ0v) is 15.3. The van der Waals surface area contributed by atoms with Crippen LogP contribution in [0.15, 0.2) is 48.5 Å². The molecule has 0 N–H and O–H groups in total. The van der Waals surface area contributed by atoms with Crippen molar-refractivity contribution >= 4 is 11.7 Å².